The fourth-order valence-corrected chi connectivity index (χ4v) is 6.45. The quantitative estimate of drug-likeness (QED) is 0.135. The van der Waals surface area contributed by atoms with E-state index in [0.717, 1.165) is 45.3 Å². The highest BCUT2D eigenvalue weighted by Crippen LogP contribution is 2.40. The number of para-hydroxylation sites is 2. The maximum absolute atomic E-state index is 13.2. The molecule has 0 fully saturated rings. The van der Waals surface area contributed by atoms with Crippen LogP contribution >= 0.6 is 21.6 Å². The van der Waals surface area contributed by atoms with Crippen molar-refractivity contribution in [1.82, 2.24) is 10.6 Å². The summed E-state index contributed by atoms with van der Waals surface area (Å²) in [6, 6.07) is 30.5. The topological polar surface area (TPSA) is 76.7 Å². The van der Waals surface area contributed by atoms with Gasteiger partial charge in [0.25, 0.3) is 11.8 Å². The van der Waals surface area contributed by atoms with Crippen molar-refractivity contribution in [3.8, 4) is 11.5 Å². The van der Waals surface area contributed by atoms with Crippen LogP contribution in [0.15, 0.2) is 107 Å². The summed E-state index contributed by atoms with van der Waals surface area (Å²) in [4.78, 5) is 28.1. The van der Waals surface area contributed by atoms with E-state index in [9.17, 15) is 9.59 Å². The number of carbonyl (C=O) groups is 2. The molecule has 0 aromatic heterocycles. The Morgan fingerprint density at radius 1 is 0.571 bits per heavy atom. The molecule has 2 amide bonds. The van der Waals surface area contributed by atoms with Gasteiger partial charge in [-0.25, -0.2) is 0 Å². The maximum atomic E-state index is 13.2. The van der Waals surface area contributed by atoms with Crippen LogP contribution in [-0.2, 0) is 13.1 Å². The Labute approximate surface area is 256 Å². The first kappa shape index (κ1) is 31.1. The summed E-state index contributed by atoms with van der Waals surface area (Å²) in [7, 11) is 2.91. The average molecular weight is 601 g/mol. The lowest BCUT2D eigenvalue weighted by atomic mass is 10.1. The van der Waals surface area contributed by atoms with Gasteiger partial charge in [0.15, 0.2) is 0 Å². The molecule has 4 aromatic carbocycles. The monoisotopic (exact) mass is 600 g/mol. The third kappa shape index (κ3) is 8.81. The van der Waals surface area contributed by atoms with Crippen molar-refractivity contribution >= 4 is 33.4 Å². The fourth-order valence-electron chi connectivity index (χ4n) is 4.09. The van der Waals surface area contributed by atoms with Crippen molar-refractivity contribution in [1.29, 1.82) is 0 Å². The number of nitrogens with one attached hydrogen (secondary N) is 2. The second kappa shape index (κ2) is 16.5. The van der Waals surface area contributed by atoms with Gasteiger partial charge in [0.05, 0.1) is 24.3 Å². The Balaban J connectivity index is 1.40. The van der Waals surface area contributed by atoms with Gasteiger partial charge >= 0.3 is 0 Å². The molecule has 0 bridgehead atoms. The molecule has 218 valence electrons. The first-order chi connectivity index (χ1) is 20.6. The molecule has 0 radical (unpaired) electrons. The number of benzene rings is 4. The van der Waals surface area contributed by atoms with E-state index in [1.165, 1.54) is 21.6 Å². The SMILES string of the molecule is CCCOc1ccccc1CNC(=O)c1ccccc1SSc1ccccc1C(=O)NCc1ccccc1OCCC. The minimum Gasteiger partial charge on any atom is -0.493 e. The summed E-state index contributed by atoms with van der Waals surface area (Å²) >= 11 is 0. The van der Waals surface area contributed by atoms with Crippen molar-refractivity contribution < 1.29 is 19.1 Å². The molecule has 0 atom stereocenters. The molecule has 6 nitrogen and oxygen atoms in total. The Morgan fingerprint density at radius 3 is 1.38 bits per heavy atom. The standard InChI is InChI=1S/C34H36N2O4S2/c1-3-21-39-29-17-9-5-13-25(29)23-35-33(37)27-15-7-11-19-31(27)41-42-32-20-12-8-16-28(32)34(38)36-24-26-14-6-10-18-30(26)40-22-4-2/h5-20H,3-4,21-24H2,1-2H3,(H,35,37)(H,36,38). The van der Waals surface area contributed by atoms with Crippen molar-refractivity contribution in [2.24, 2.45) is 0 Å². The Morgan fingerprint density at radius 2 is 0.952 bits per heavy atom. The first-order valence-corrected chi connectivity index (χ1v) is 16.3. The summed E-state index contributed by atoms with van der Waals surface area (Å²) in [5, 5.41) is 6.07. The van der Waals surface area contributed by atoms with Crippen molar-refractivity contribution in [2.45, 2.75) is 49.6 Å². The molecular weight excluding hydrogens is 565 g/mol. The van der Waals surface area contributed by atoms with Crippen LogP contribution in [0.1, 0.15) is 58.5 Å². The maximum Gasteiger partial charge on any atom is 0.252 e. The molecular formula is C34H36N2O4S2. The van der Waals surface area contributed by atoms with E-state index in [-0.39, 0.29) is 11.8 Å². The zero-order valence-corrected chi connectivity index (χ0v) is 25.6. The van der Waals surface area contributed by atoms with Gasteiger partial charge in [0.1, 0.15) is 11.5 Å². The van der Waals surface area contributed by atoms with E-state index < -0.39 is 0 Å². The molecule has 42 heavy (non-hydrogen) atoms. The fraction of sp³-hybridized carbons (Fsp3) is 0.235. The van der Waals surface area contributed by atoms with Crippen LogP contribution in [-0.4, -0.2) is 25.0 Å². The Bertz CT molecular complexity index is 1370. The minimum atomic E-state index is -0.168. The summed E-state index contributed by atoms with van der Waals surface area (Å²) in [6.45, 7) is 6.10. The lowest BCUT2D eigenvalue weighted by Gasteiger charge is -2.14. The van der Waals surface area contributed by atoms with Crippen molar-refractivity contribution in [3.63, 3.8) is 0 Å². The zero-order chi connectivity index (χ0) is 29.6. The van der Waals surface area contributed by atoms with Crippen LogP contribution in [0.3, 0.4) is 0 Å². The van der Waals surface area contributed by atoms with E-state index >= 15 is 0 Å². The smallest absolute Gasteiger partial charge is 0.252 e. The third-order valence-electron chi connectivity index (χ3n) is 6.23. The van der Waals surface area contributed by atoms with E-state index in [1.54, 1.807) is 0 Å². The predicted octanol–water partition coefficient (Wildman–Crippen LogP) is 7.92. The highest BCUT2D eigenvalue weighted by atomic mass is 33.1. The molecule has 0 aliphatic rings. The molecule has 0 aliphatic heterocycles. The van der Waals surface area contributed by atoms with Crippen LogP contribution in [0, 0.1) is 0 Å². The van der Waals surface area contributed by atoms with E-state index in [2.05, 4.69) is 24.5 Å². The second-order valence-electron chi connectivity index (χ2n) is 9.44. The minimum absolute atomic E-state index is 0.168. The largest absolute Gasteiger partial charge is 0.493 e. The first-order valence-electron chi connectivity index (χ1n) is 14.1. The van der Waals surface area contributed by atoms with Gasteiger partial charge in [0.2, 0.25) is 0 Å². The Kier molecular flexibility index (Phi) is 12.2. The van der Waals surface area contributed by atoms with Gasteiger partial charge in [-0.2, -0.15) is 0 Å². The van der Waals surface area contributed by atoms with Gasteiger partial charge in [-0.15, -0.1) is 0 Å². The van der Waals surface area contributed by atoms with Gasteiger partial charge in [0, 0.05) is 34.0 Å². The second-order valence-corrected chi connectivity index (χ2v) is 11.6. The van der Waals surface area contributed by atoms with Crippen LogP contribution in [0.25, 0.3) is 0 Å². The van der Waals surface area contributed by atoms with Crippen LogP contribution in [0.2, 0.25) is 0 Å². The molecule has 2 N–H and O–H groups in total. The van der Waals surface area contributed by atoms with Crippen molar-refractivity contribution in [3.05, 3.63) is 119 Å². The number of ether oxygens (including phenoxy) is 2. The summed E-state index contributed by atoms with van der Waals surface area (Å²) in [6.07, 6.45) is 1.82. The summed E-state index contributed by atoms with van der Waals surface area (Å²) in [5.74, 6) is 1.23. The lowest BCUT2D eigenvalue weighted by molar-refractivity contribution is 0.0939. The van der Waals surface area contributed by atoms with Gasteiger partial charge < -0.3 is 20.1 Å². The summed E-state index contributed by atoms with van der Waals surface area (Å²) in [5.41, 5.74) is 3.01. The molecule has 4 rings (SSSR count). The van der Waals surface area contributed by atoms with Crippen LogP contribution in [0.5, 0.6) is 11.5 Å². The highest BCUT2D eigenvalue weighted by Gasteiger charge is 2.16. The number of hydrogen-bond donors (Lipinski definition) is 2. The van der Waals surface area contributed by atoms with Gasteiger partial charge in [-0.3, -0.25) is 9.59 Å². The molecule has 0 aliphatic carbocycles. The normalized spacial score (nSPS) is 10.6. The zero-order valence-electron chi connectivity index (χ0n) is 23.9. The molecule has 0 spiro atoms. The Hall–Kier alpha value is -3.88. The molecule has 4 aromatic rings. The number of hydrogen-bond acceptors (Lipinski definition) is 6. The number of carbonyl (C=O) groups excluding carboxylic acids is 2. The van der Waals surface area contributed by atoms with Crippen LogP contribution in [0.4, 0.5) is 0 Å². The third-order valence-corrected chi connectivity index (χ3v) is 8.71. The highest BCUT2D eigenvalue weighted by molar-refractivity contribution is 8.76. The predicted molar refractivity (Wildman–Crippen MR) is 171 cm³/mol. The van der Waals surface area contributed by atoms with E-state index in [4.69, 9.17) is 9.47 Å². The number of amides is 2. The average Bonchev–Trinajstić information content (AvgIpc) is 3.04. The van der Waals surface area contributed by atoms with Crippen LogP contribution < -0.4 is 20.1 Å². The molecule has 0 unspecified atom stereocenters. The number of rotatable bonds is 15. The molecule has 8 heteroatoms. The molecule has 0 saturated heterocycles. The van der Waals surface area contributed by atoms with E-state index in [0.29, 0.717) is 37.4 Å². The van der Waals surface area contributed by atoms with Gasteiger partial charge in [-0.05, 0) is 49.2 Å². The molecule has 0 heterocycles. The lowest BCUT2D eigenvalue weighted by Crippen LogP contribution is -2.24. The van der Waals surface area contributed by atoms with E-state index in [1.807, 2.05) is 97.1 Å². The molecule has 0 saturated carbocycles. The van der Waals surface area contributed by atoms with Crippen molar-refractivity contribution in [2.75, 3.05) is 13.2 Å². The summed E-state index contributed by atoms with van der Waals surface area (Å²) < 4.78 is 11.7. The van der Waals surface area contributed by atoms with Gasteiger partial charge in [-0.1, -0.05) is 96.1 Å².